The van der Waals surface area contributed by atoms with Crippen molar-refractivity contribution in [3.8, 4) is 11.3 Å². The van der Waals surface area contributed by atoms with E-state index in [0.717, 1.165) is 22.8 Å². The Bertz CT molecular complexity index is 861. The largest absolute Gasteiger partial charge is 0.351 e. The minimum atomic E-state index is 0.450. The first-order valence-corrected chi connectivity index (χ1v) is 9.23. The van der Waals surface area contributed by atoms with E-state index < -0.39 is 0 Å². The average molecular weight is 366 g/mol. The lowest BCUT2D eigenvalue weighted by Gasteiger charge is -2.15. The van der Waals surface area contributed by atoms with Gasteiger partial charge in [-0.25, -0.2) is 4.98 Å². The standard InChI is InChI=1S/C20H20ClN5/c21-15-5-7-17(8-6-15)23-19-13-18(14-9-11-22-12-10-14)25-20(26-19)24-16-3-1-2-4-16/h5-13,16H,1-4H2,(H2,23,24,25,26). The fourth-order valence-electron chi connectivity index (χ4n) is 3.18. The SMILES string of the molecule is Clc1ccc(Nc2cc(-c3ccncc3)nc(NC3CCCC3)n2)cc1. The van der Waals surface area contributed by atoms with Crippen molar-refractivity contribution in [3.05, 3.63) is 59.9 Å². The van der Waals surface area contributed by atoms with E-state index in [9.17, 15) is 0 Å². The highest BCUT2D eigenvalue weighted by Gasteiger charge is 2.16. The molecule has 132 valence electrons. The van der Waals surface area contributed by atoms with Crippen molar-refractivity contribution in [2.45, 2.75) is 31.7 Å². The Morgan fingerprint density at radius 3 is 2.38 bits per heavy atom. The molecule has 5 nitrogen and oxygen atoms in total. The molecule has 0 radical (unpaired) electrons. The Hall–Kier alpha value is -2.66. The third-order valence-corrected chi connectivity index (χ3v) is 4.76. The first-order valence-electron chi connectivity index (χ1n) is 8.85. The fraction of sp³-hybridized carbons (Fsp3) is 0.250. The normalized spacial score (nSPS) is 14.3. The van der Waals surface area contributed by atoms with Crippen molar-refractivity contribution >= 4 is 29.1 Å². The molecule has 0 amide bonds. The van der Waals surface area contributed by atoms with Crippen LogP contribution in [0.15, 0.2) is 54.9 Å². The highest BCUT2D eigenvalue weighted by Crippen LogP contribution is 2.26. The number of rotatable bonds is 5. The van der Waals surface area contributed by atoms with Gasteiger partial charge in [0.1, 0.15) is 5.82 Å². The van der Waals surface area contributed by atoms with Crippen LogP contribution < -0.4 is 10.6 Å². The van der Waals surface area contributed by atoms with Gasteiger partial charge in [0.25, 0.3) is 0 Å². The van der Waals surface area contributed by atoms with Crippen LogP contribution in [0.5, 0.6) is 0 Å². The maximum atomic E-state index is 5.97. The van der Waals surface area contributed by atoms with Crippen LogP contribution in [0, 0.1) is 0 Å². The molecule has 1 aromatic carbocycles. The van der Waals surface area contributed by atoms with Gasteiger partial charge in [0, 0.05) is 40.8 Å². The van der Waals surface area contributed by atoms with Crippen LogP contribution in [0.2, 0.25) is 5.02 Å². The van der Waals surface area contributed by atoms with Crippen molar-refractivity contribution in [1.82, 2.24) is 15.0 Å². The molecule has 0 atom stereocenters. The van der Waals surface area contributed by atoms with Crippen molar-refractivity contribution < 1.29 is 0 Å². The van der Waals surface area contributed by atoms with Crippen molar-refractivity contribution in [3.63, 3.8) is 0 Å². The minimum Gasteiger partial charge on any atom is -0.351 e. The Balaban J connectivity index is 1.65. The van der Waals surface area contributed by atoms with Crippen LogP contribution in [-0.4, -0.2) is 21.0 Å². The smallest absolute Gasteiger partial charge is 0.225 e. The van der Waals surface area contributed by atoms with E-state index in [1.807, 2.05) is 42.5 Å². The number of nitrogens with one attached hydrogen (secondary N) is 2. The van der Waals surface area contributed by atoms with Crippen LogP contribution in [0.3, 0.4) is 0 Å². The predicted octanol–water partition coefficient (Wildman–Crippen LogP) is 5.29. The third-order valence-electron chi connectivity index (χ3n) is 4.51. The molecule has 0 spiro atoms. The Morgan fingerprint density at radius 1 is 0.923 bits per heavy atom. The molecular formula is C20H20ClN5. The topological polar surface area (TPSA) is 62.7 Å². The maximum absolute atomic E-state index is 5.97. The second kappa shape index (κ2) is 7.70. The summed E-state index contributed by atoms with van der Waals surface area (Å²) in [7, 11) is 0. The van der Waals surface area contributed by atoms with E-state index >= 15 is 0 Å². The van der Waals surface area contributed by atoms with Crippen molar-refractivity contribution in [2.24, 2.45) is 0 Å². The van der Waals surface area contributed by atoms with Crippen LogP contribution in [0.25, 0.3) is 11.3 Å². The van der Waals surface area contributed by atoms with Crippen LogP contribution in [0.1, 0.15) is 25.7 Å². The molecule has 4 rings (SSSR count). The Morgan fingerprint density at radius 2 is 1.65 bits per heavy atom. The Labute approximate surface area is 157 Å². The lowest BCUT2D eigenvalue weighted by atomic mass is 10.2. The summed E-state index contributed by atoms with van der Waals surface area (Å²) >= 11 is 5.97. The van der Waals surface area contributed by atoms with Gasteiger partial charge in [-0.2, -0.15) is 4.98 Å². The molecule has 1 fully saturated rings. The molecule has 0 bridgehead atoms. The summed E-state index contributed by atoms with van der Waals surface area (Å²) in [6, 6.07) is 13.9. The summed E-state index contributed by atoms with van der Waals surface area (Å²) in [4.78, 5) is 13.5. The zero-order valence-corrected chi connectivity index (χ0v) is 15.1. The first kappa shape index (κ1) is 16.8. The number of anilines is 3. The van der Waals surface area contributed by atoms with E-state index in [1.165, 1.54) is 25.7 Å². The molecule has 0 unspecified atom stereocenters. The first-order chi connectivity index (χ1) is 12.8. The second-order valence-corrected chi connectivity index (χ2v) is 6.89. The zero-order chi connectivity index (χ0) is 17.8. The molecule has 2 N–H and O–H groups in total. The van der Waals surface area contributed by atoms with Crippen LogP contribution in [-0.2, 0) is 0 Å². The van der Waals surface area contributed by atoms with E-state index in [4.69, 9.17) is 16.6 Å². The Kier molecular flexibility index (Phi) is 4.97. The second-order valence-electron chi connectivity index (χ2n) is 6.46. The van der Waals surface area contributed by atoms with E-state index in [2.05, 4.69) is 20.6 Å². The van der Waals surface area contributed by atoms with E-state index in [1.54, 1.807) is 12.4 Å². The lowest BCUT2D eigenvalue weighted by Crippen LogP contribution is -2.17. The number of nitrogens with zero attached hydrogens (tertiary/aromatic N) is 3. The lowest BCUT2D eigenvalue weighted by molar-refractivity contribution is 0.744. The molecule has 0 aliphatic heterocycles. The molecule has 3 aromatic rings. The average Bonchev–Trinajstić information content (AvgIpc) is 3.17. The number of halogens is 1. The van der Waals surface area contributed by atoms with Crippen LogP contribution >= 0.6 is 11.6 Å². The summed E-state index contributed by atoms with van der Waals surface area (Å²) in [5.74, 6) is 1.40. The summed E-state index contributed by atoms with van der Waals surface area (Å²) in [6.07, 6.45) is 8.41. The summed E-state index contributed by atoms with van der Waals surface area (Å²) in [5, 5.41) is 7.54. The number of aromatic nitrogens is 3. The molecule has 2 aromatic heterocycles. The highest BCUT2D eigenvalue weighted by atomic mass is 35.5. The van der Waals surface area contributed by atoms with Crippen LogP contribution in [0.4, 0.5) is 17.5 Å². The fourth-order valence-corrected chi connectivity index (χ4v) is 3.31. The number of pyridine rings is 1. The maximum Gasteiger partial charge on any atom is 0.225 e. The predicted molar refractivity (Wildman–Crippen MR) is 106 cm³/mol. The van der Waals surface area contributed by atoms with Gasteiger partial charge in [-0.3, -0.25) is 4.98 Å². The summed E-state index contributed by atoms with van der Waals surface area (Å²) in [5.41, 5.74) is 2.80. The zero-order valence-electron chi connectivity index (χ0n) is 14.3. The van der Waals surface area contributed by atoms with Crippen molar-refractivity contribution in [1.29, 1.82) is 0 Å². The van der Waals surface area contributed by atoms with Gasteiger partial charge in [-0.1, -0.05) is 24.4 Å². The molecule has 6 heteroatoms. The van der Waals surface area contributed by atoms with Gasteiger partial charge in [0.05, 0.1) is 5.69 Å². The van der Waals surface area contributed by atoms with Gasteiger partial charge in [-0.05, 0) is 49.2 Å². The summed E-state index contributed by atoms with van der Waals surface area (Å²) < 4.78 is 0. The molecule has 1 aliphatic carbocycles. The number of hydrogen-bond donors (Lipinski definition) is 2. The molecule has 0 saturated heterocycles. The van der Waals surface area contributed by atoms with Gasteiger partial charge < -0.3 is 10.6 Å². The van der Waals surface area contributed by atoms with E-state index in [0.29, 0.717) is 17.0 Å². The molecule has 26 heavy (non-hydrogen) atoms. The monoisotopic (exact) mass is 365 g/mol. The van der Waals surface area contributed by atoms with Gasteiger partial charge in [-0.15, -0.1) is 0 Å². The molecule has 2 heterocycles. The third kappa shape index (κ3) is 4.11. The van der Waals surface area contributed by atoms with Gasteiger partial charge >= 0.3 is 0 Å². The number of benzene rings is 1. The van der Waals surface area contributed by atoms with Gasteiger partial charge in [0.15, 0.2) is 0 Å². The number of hydrogen-bond acceptors (Lipinski definition) is 5. The summed E-state index contributed by atoms with van der Waals surface area (Å²) in [6.45, 7) is 0. The molecular weight excluding hydrogens is 346 g/mol. The molecule has 1 saturated carbocycles. The van der Waals surface area contributed by atoms with Crippen molar-refractivity contribution in [2.75, 3.05) is 10.6 Å². The quantitative estimate of drug-likeness (QED) is 0.643. The molecule has 1 aliphatic rings. The highest BCUT2D eigenvalue weighted by molar-refractivity contribution is 6.30. The van der Waals surface area contributed by atoms with E-state index in [-0.39, 0.29) is 0 Å². The van der Waals surface area contributed by atoms with Gasteiger partial charge in [0.2, 0.25) is 5.95 Å². The minimum absolute atomic E-state index is 0.450.